The van der Waals surface area contributed by atoms with Gasteiger partial charge in [0.15, 0.2) is 6.04 Å². The first-order valence-electron chi connectivity index (χ1n) is 5.61. The van der Waals surface area contributed by atoms with Gasteiger partial charge in [0, 0.05) is 0 Å². The zero-order valence-electron chi connectivity index (χ0n) is 10.6. The van der Waals surface area contributed by atoms with Gasteiger partial charge in [0.05, 0.1) is 12.3 Å². The van der Waals surface area contributed by atoms with Crippen molar-refractivity contribution in [1.29, 1.82) is 0 Å². The van der Waals surface area contributed by atoms with E-state index in [0.29, 0.717) is 5.69 Å². The van der Waals surface area contributed by atoms with Crippen molar-refractivity contribution < 1.29 is 28.5 Å². The van der Waals surface area contributed by atoms with Crippen LogP contribution in [-0.2, 0) is 18.7 Å². The third kappa shape index (κ3) is 5.00. The number of hydroxylamine groups is 1. The molecule has 0 aliphatic rings. The molecule has 0 unspecified atom stereocenters. The first-order valence-corrected chi connectivity index (χ1v) is 7.14. The Balaban J connectivity index is 2.99. The molecular formula is C11H16NO6P. The van der Waals surface area contributed by atoms with Gasteiger partial charge in [-0.2, -0.15) is 4.62 Å². The minimum absolute atomic E-state index is 0.168. The summed E-state index contributed by atoms with van der Waals surface area (Å²) in [6.07, 6.45) is 0. The van der Waals surface area contributed by atoms with Crippen LogP contribution in [0.25, 0.3) is 0 Å². The fraction of sp³-hybridized carbons (Fsp3) is 0.364. The van der Waals surface area contributed by atoms with E-state index in [4.69, 9.17) is 14.5 Å². The molecule has 1 rings (SSSR count). The van der Waals surface area contributed by atoms with Crippen molar-refractivity contribution in [3.05, 3.63) is 30.3 Å². The van der Waals surface area contributed by atoms with Crippen LogP contribution < -0.4 is 5.06 Å². The Morgan fingerprint density at radius 1 is 1.37 bits per heavy atom. The van der Waals surface area contributed by atoms with Crippen LogP contribution in [0.3, 0.4) is 0 Å². The predicted octanol–water partition coefficient (Wildman–Crippen LogP) is 1.47. The van der Waals surface area contributed by atoms with Crippen LogP contribution in [0.5, 0.6) is 0 Å². The SMILES string of the molecule is CCOC(=O)[C@H](C)N(OP(=O)(O)O)c1ccccc1. The van der Waals surface area contributed by atoms with Crippen LogP contribution >= 0.6 is 7.82 Å². The number of para-hydroxylation sites is 1. The van der Waals surface area contributed by atoms with Crippen LogP contribution in [0.1, 0.15) is 13.8 Å². The Hall–Kier alpha value is -1.40. The van der Waals surface area contributed by atoms with Crippen LogP contribution in [0.4, 0.5) is 5.69 Å². The van der Waals surface area contributed by atoms with E-state index < -0.39 is 19.8 Å². The molecule has 0 saturated heterocycles. The lowest BCUT2D eigenvalue weighted by Crippen LogP contribution is -2.39. The number of nitrogens with zero attached hydrogens (tertiary/aromatic N) is 1. The topological polar surface area (TPSA) is 96.3 Å². The van der Waals surface area contributed by atoms with Gasteiger partial charge < -0.3 is 14.5 Å². The van der Waals surface area contributed by atoms with Gasteiger partial charge in [-0.15, -0.1) is 0 Å². The lowest BCUT2D eigenvalue weighted by Gasteiger charge is -2.28. The summed E-state index contributed by atoms with van der Waals surface area (Å²) in [5.41, 5.74) is 0.339. The molecular weight excluding hydrogens is 273 g/mol. The maximum atomic E-state index is 11.6. The molecule has 1 atom stereocenters. The van der Waals surface area contributed by atoms with E-state index in [1.165, 1.54) is 6.92 Å². The molecule has 0 aliphatic heterocycles. The number of carbonyl (C=O) groups is 1. The fourth-order valence-electron chi connectivity index (χ4n) is 1.39. The highest BCUT2D eigenvalue weighted by Crippen LogP contribution is 2.39. The van der Waals surface area contributed by atoms with E-state index >= 15 is 0 Å². The number of anilines is 1. The van der Waals surface area contributed by atoms with Gasteiger partial charge in [0.1, 0.15) is 0 Å². The summed E-state index contributed by atoms with van der Waals surface area (Å²) in [5, 5.41) is 0.846. The smallest absolute Gasteiger partial charge is 0.464 e. The zero-order chi connectivity index (χ0) is 14.5. The van der Waals surface area contributed by atoms with Crippen molar-refractivity contribution in [3.63, 3.8) is 0 Å². The van der Waals surface area contributed by atoms with Gasteiger partial charge in [-0.1, -0.05) is 18.2 Å². The van der Waals surface area contributed by atoms with Crippen molar-refractivity contribution >= 4 is 19.5 Å². The number of benzene rings is 1. The molecule has 0 radical (unpaired) electrons. The molecule has 0 fully saturated rings. The monoisotopic (exact) mass is 289 g/mol. The molecule has 0 aliphatic carbocycles. The molecule has 0 heterocycles. The highest BCUT2D eigenvalue weighted by molar-refractivity contribution is 7.46. The number of hydrogen-bond donors (Lipinski definition) is 2. The van der Waals surface area contributed by atoms with Crippen LogP contribution in [0, 0.1) is 0 Å². The molecule has 8 heteroatoms. The predicted molar refractivity (Wildman–Crippen MR) is 68.1 cm³/mol. The van der Waals surface area contributed by atoms with Gasteiger partial charge in [-0.05, 0) is 26.0 Å². The van der Waals surface area contributed by atoms with Crippen molar-refractivity contribution in [2.24, 2.45) is 0 Å². The third-order valence-corrected chi connectivity index (χ3v) is 2.57. The molecule has 106 valence electrons. The summed E-state index contributed by atoms with van der Waals surface area (Å²) in [5.74, 6) is -0.639. The molecule has 1 aromatic carbocycles. The molecule has 2 N–H and O–H groups in total. The first kappa shape index (κ1) is 15.7. The van der Waals surface area contributed by atoms with Crippen molar-refractivity contribution in [2.75, 3.05) is 11.7 Å². The standard InChI is InChI=1S/C11H16NO6P/c1-3-17-11(13)9(2)12(18-19(14,15)16)10-7-5-4-6-8-10/h4-9H,3H2,1-2H3,(H2,14,15,16)/t9-/m0/s1. The second-order valence-electron chi connectivity index (χ2n) is 3.66. The Bertz CT molecular complexity index is 460. The Morgan fingerprint density at radius 2 is 1.95 bits per heavy atom. The minimum Gasteiger partial charge on any atom is -0.464 e. The highest BCUT2D eigenvalue weighted by atomic mass is 31.2. The average molecular weight is 289 g/mol. The lowest BCUT2D eigenvalue weighted by molar-refractivity contribution is -0.145. The van der Waals surface area contributed by atoms with Crippen molar-refractivity contribution in [2.45, 2.75) is 19.9 Å². The fourth-order valence-corrected chi connectivity index (χ4v) is 1.85. The van der Waals surface area contributed by atoms with Gasteiger partial charge in [0.2, 0.25) is 0 Å². The lowest BCUT2D eigenvalue weighted by atomic mass is 10.2. The van der Waals surface area contributed by atoms with Gasteiger partial charge in [-0.25, -0.2) is 14.4 Å². The number of esters is 1. The summed E-state index contributed by atoms with van der Waals surface area (Å²) in [4.78, 5) is 29.5. The summed E-state index contributed by atoms with van der Waals surface area (Å²) in [6, 6.07) is 7.17. The van der Waals surface area contributed by atoms with E-state index in [9.17, 15) is 9.36 Å². The van der Waals surface area contributed by atoms with Crippen LogP contribution in [-0.4, -0.2) is 28.4 Å². The molecule has 0 amide bonds. The minimum atomic E-state index is -4.78. The van der Waals surface area contributed by atoms with E-state index in [1.807, 2.05) is 0 Å². The number of rotatable bonds is 6. The summed E-state index contributed by atoms with van der Waals surface area (Å²) in [6.45, 7) is 3.24. The average Bonchev–Trinajstić information content (AvgIpc) is 2.35. The number of carbonyl (C=O) groups excluding carboxylic acids is 1. The molecule has 7 nitrogen and oxygen atoms in total. The van der Waals surface area contributed by atoms with E-state index in [-0.39, 0.29) is 6.61 Å². The van der Waals surface area contributed by atoms with Crippen molar-refractivity contribution in [1.82, 2.24) is 0 Å². The maximum Gasteiger partial charge on any atom is 0.491 e. The van der Waals surface area contributed by atoms with E-state index in [0.717, 1.165) is 5.06 Å². The van der Waals surface area contributed by atoms with E-state index in [2.05, 4.69) is 4.62 Å². The molecule has 1 aromatic rings. The third-order valence-electron chi connectivity index (χ3n) is 2.18. The molecule has 0 saturated carbocycles. The summed E-state index contributed by atoms with van der Waals surface area (Å²) < 4.78 is 20.3. The maximum absolute atomic E-state index is 11.6. The number of hydrogen-bond acceptors (Lipinski definition) is 5. The highest BCUT2D eigenvalue weighted by Gasteiger charge is 2.30. The Morgan fingerprint density at radius 3 is 2.42 bits per heavy atom. The zero-order valence-corrected chi connectivity index (χ0v) is 11.5. The van der Waals surface area contributed by atoms with Crippen molar-refractivity contribution in [3.8, 4) is 0 Å². The van der Waals surface area contributed by atoms with Crippen LogP contribution in [0.15, 0.2) is 30.3 Å². The molecule has 0 aromatic heterocycles. The number of phosphoric acid groups is 1. The summed E-state index contributed by atoms with van der Waals surface area (Å²) >= 11 is 0. The summed E-state index contributed by atoms with van der Waals surface area (Å²) in [7, 11) is -4.78. The Kier molecular flexibility index (Phi) is 5.50. The first-order chi connectivity index (χ1) is 8.85. The van der Waals surface area contributed by atoms with Gasteiger partial charge in [-0.3, -0.25) is 0 Å². The molecule has 19 heavy (non-hydrogen) atoms. The second kappa shape index (κ2) is 6.68. The molecule has 0 bridgehead atoms. The Labute approximate surface area is 110 Å². The van der Waals surface area contributed by atoms with Gasteiger partial charge in [0.25, 0.3) is 0 Å². The van der Waals surface area contributed by atoms with E-state index in [1.54, 1.807) is 37.3 Å². The quantitative estimate of drug-likeness (QED) is 0.465. The van der Waals surface area contributed by atoms with Crippen LogP contribution in [0.2, 0.25) is 0 Å². The normalized spacial score (nSPS) is 12.8. The number of ether oxygens (including phenoxy) is 1. The second-order valence-corrected chi connectivity index (χ2v) is 4.81. The van der Waals surface area contributed by atoms with Gasteiger partial charge >= 0.3 is 13.8 Å². The largest absolute Gasteiger partial charge is 0.491 e. The molecule has 0 spiro atoms.